The molecule has 2 aromatic carbocycles. The highest BCUT2D eigenvalue weighted by Crippen LogP contribution is 2.50. The van der Waals surface area contributed by atoms with Gasteiger partial charge in [-0.15, -0.1) is 0 Å². The summed E-state index contributed by atoms with van der Waals surface area (Å²) in [5.74, 6) is -0.158. The number of anilines is 1. The minimum Gasteiger partial charge on any atom is -0.373 e. The van der Waals surface area contributed by atoms with Gasteiger partial charge in [-0.3, -0.25) is 0 Å². The van der Waals surface area contributed by atoms with Gasteiger partial charge in [0.05, 0.1) is 0 Å². The maximum Gasteiger partial charge on any atom is 0.123 e. The lowest BCUT2D eigenvalue weighted by Gasteiger charge is -2.24. The van der Waals surface area contributed by atoms with Crippen LogP contribution < -0.4 is 4.90 Å². The van der Waals surface area contributed by atoms with Crippen LogP contribution in [-0.2, 0) is 5.41 Å². The Hall–Kier alpha value is -1.83. The molecule has 1 fully saturated rings. The van der Waals surface area contributed by atoms with Gasteiger partial charge in [-0.1, -0.05) is 25.0 Å². The summed E-state index contributed by atoms with van der Waals surface area (Å²) >= 11 is 0. The van der Waals surface area contributed by atoms with Crippen molar-refractivity contribution in [2.75, 3.05) is 18.5 Å². The maximum atomic E-state index is 13.4. The van der Waals surface area contributed by atoms with Crippen molar-refractivity contribution in [3.05, 3.63) is 53.3 Å². The highest BCUT2D eigenvalue weighted by molar-refractivity contribution is 5.74. The number of rotatable bonds is 1. The molecule has 0 radical (unpaired) electrons. The second-order valence-corrected chi connectivity index (χ2v) is 7.03. The summed E-state index contributed by atoms with van der Waals surface area (Å²) in [4.78, 5) is 2.40. The van der Waals surface area contributed by atoms with Crippen molar-refractivity contribution in [1.29, 1.82) is 0 Å². The lowest BCUT2D eigenvalue weighted by Crippen LogP contribution is -2.28. The summed E-state index contributed by atoms with van der Waals surface area (Å²) in [6, 6.07) is 11.9. The van der Waals surface area contributed by atoms with Crippen LogP contribution in [0.25, 0.3) is 11.1 Å². The number of aryl methyl sites for hydroxylation is 1. The Labute approximate surface area is 131 Å². The molecule has 2 heteroatoms. The summed E-state index contributed by atoms with van der Waals surface area (Å²) in [5, 5.41) is 0. The van der Waals surface area contributed by atoms with Gasteiger partial charge in [-0.25, -0.2) is 4.39 Å². The normalized spacial score (nSPS) is 19.0. The average molecular weight is 295 g/mol. The number of hydrogen-bond donors (Lipinski definition) is 0. The Morgan fingerprint density at radius 3 is 2.55 bits per heavy atom. The number of fused-ring (bicyclic) bond motifs is 2. The molecule has 1 aliphatic carbocycles. The van der Waals surface area contributed by atoms with E-state index in [0.29, 0.717) is 5.41 Å². The fraction of sp³-hybridized carbons (Fsp3) is 0.400. The lowest BCUT2D eigenvalue weighted by molar-refractivity contribution is 0.473. The van der Waals surface area contributed by atoms with Crippen molar-refractivity contribution in [3.8, 4) is 11.1 Å². The van der Waals surface area contributed by atoms with Crippen molar-refractivity contribution in [1.82, 2.24) is 0 Å². The molecule has 0 N–H and O–H groups in total. The molecule has 1 heterocycles. The van der Waals surface area contributed by atoms with E-state index in [9.17, 15) is 4.39 Å². The van der Waals surface area contributed by atoms with Gasteiger partial charge in [0, 0.05) is 24.7 Å². The van der Waals surface area contributed by atoms with Crippen LogP contribution in [0.3, 0.4) is 0 Å². The van der Waals surface area contributed by atoms with Crippen LogP contribution in [0.2, 0.25) is 0 Å². The molecule has 22 heavy (non-hydrogen) atoms. The predicted octanol–water partition coefficient (Wildman–Crippen LogP) is 5.06. The quantitative estimate of drug-likeness (QED) is 0.710. The maximum absolute atomic E-state index is 13.4. The highest BCUT2D eigenvalue weighted by atomic mass is 19.1. The van der Waals surface area contributed by atoms with Gasteiger partial charge in [-0.05, 0) is 66.3 Å². The minimum absolute atomic E-state index is 0.158. The molecule has 0 saturated heterocycles. The summed E-state index contributed by atoms with van der Waals surface area (Å²) in [6.45, 7) is 3.14. The summed E-state index contributed by atoms with van der Waals surface area (Å²) in [5.41, 5.74) is 6.62. The first kappa shape index (κ1) is 13.8. The molecule has 0 amide bonds. The van der Waals surface area contributed by atoms with Gasteiger partial charge in [-0.2, -0.15) is 0 Å². The van der Waals surface area contributed by atoms with Gasteiger partial charge in [0.25, 0.3) is 0 Å². The van der Waals surface area contributed by atoms with E-state index in [-0.39, 0.29) is 5.82 Å². The molecule has 0 bridgehead atoms. The zero-order valence-corrected chi connectivity index (χ0v) is 13.3. The molecule has 1 spiro atoms. The fourth-order valence-corrected chi connectivity index (χ4v) is 4.52. The largest absolute Gasteiger partial charge is 0.373 e. The zero-order chi connectivity index (χ0) is 15.3. The van der Waals surface area contributed by atoms with Crippen LogP contribution >= 0.6 is 0 Å². The second-order valence-electron chi connectivity index (χ2n) is 7.03. The van der Waals surface area contributed by atoms with Crippen LogP contribution in [-0.4, -0.2) is 13.6 Å². The van der Waals surface area contributed by atoms with Crippen molar-refractivity contribution in [3.63, 3.8) is 0 Å². The number of nitrogens with zero attached hydrogens (tertiary/aromatic N) is 1. The lowest BCUT2D eigenvalue weighted by atomic mass is 9.80. The van der Waals surface area contributed by atoms with Crippen molar-refractivity contribution in [2.45, 2.75) is 38.0 Å². The molecule has 0 atom stereocenters. The predicted molar refractivity (Wildman–Crippen MR) is 90.0 cm³/mol. The van der Waals surface area contributed by atoms with E-state index in [1.807, 2.05) is 13.0 Å². The smallest absolute Gasteiger partial charge is 0.123 e. The van der Waals surface area contributed by atoms with E-state index >= 15 is 0 Å². The summed E-state index contributed by atoms with van der Waals surface area (Å²) < 4.78 is 13.4. The highest BCUT2D eigenvalue weighted by Gasteiger charge is 2.43. The first-order valence-electron chi connectivity index (χ1n) is 8.21. The Morgan fingerprint density at radius 2 is 1.82 bits per heavy atom. The molecule has 1 saturated carbocycles. The number of benzene rings is 2. The fourth-order valence-electron chi connectivity index (χ4n) is 4.52. The standard InChI is InChI=1S/C20H22FN/c1-14-11-16(21)6-7-17(14)15-5-8-19-18(12-15)20(13-22(19)2)9-3-4-10-20/h5-8,11-12H,3-4,9-10,13H2,1-2H3. The molecular weight excluding hydrogens is 273 g/mol. The molecule has 0 unspecified atom stereocenters. The average Bonchev–Trinajstić information content (AvgIpc) is 3.06. The van der Waals surface area contributed by atoms with Gasteiger partial charge in [0.2, 0.25) is 0 Å². The second kappa shape index (κ2) is 4.84. The van der Waals surface area contributed by atoms with Gasteiger partial charge < -0.3 is 4.90 Å². The number of likely N-dealkylation sites (N-methyl/N-ethyl adjacent to an activating group) is 1. The van der Waals surface area contributed by atoms with Crippen LogP contribution in [0, 0.1) is 12.7 Å². The Balaban J connectivity index is 1.84. The molecule has 0 aromatic heterocycles. The minimum atomic E-state index is -0.158. The van der Waals surface area contributed by atoms with Crippen molar-refractivity contribution >= 4 is 5.69 Å². The third kappa shape index (κ3) is 1.97. The molecule has 114 valence electrons. The van der Waals surface area contributed by atoms with Crippen LogP contribution in [0.1, 0.15) is 36.8 Å². The molecule has 1 nitrogen and oxygen atoms in total. The van der Waals surface area contributed by atoms with Crippen molar-refractivity contribution in [2.24, 2.45) is 0 Å². The summed E-state index contributed by atoms with van der Waals surface area (Å²) in [7, 11) is 2.20. The van der Waals surface area contributed by atoms with E-state index in [1.54, 1.807) is 12.1 Å². The molecule has 2 aromatic rings. The van der Waals surface area contributed by atoms with Crippen LogP contribution in [0.15, 0.2) is 36.4 Å². The van der Waals surface area contributed by atoms with E-state index in [0.717, 1.165) is 17.7 Å². The Bertz CT molecular complexity index is 728. The number of hydrogen-bond acceptors (Lipinski definition) is 1. The third-order valence-electron chi connectivity index (χ3n) is 5.58. The third-order valence-corrected chi connectivity index (χ3v) is 5.58. The van der Waals surface area contributed by atoms with Crippen LogP contribution in [0.5, 0.6) is 0 Å². The van der Waals surface area contributed by atoms with E-state index < -0.39 is 0 Å². The molecule has 4 rings (SSSR count). The van der Waals surface area contributed by atoms with E-state index in [2.05, 4.69) is 30.1 Å². The zero-order valence-electron chi connectivity index (χ0n) is 13.3. The van der Waals surface area contributed by atoms with Crippen molar-refractivity contribution < 1.29 is 4.39 Å². The Morgan fingerprint density at radius 1 is 1.05 bits per heavy atom. The number of halogens is 1. The first-order valence-corrected chi connectivity index (χ1v) is 8.21. The summed E-state index contributed by atoms with van der Waals surface area (Å²) in [6.07, 6.45) is 5.28. The van der Waals surface area contributed by atoms with Gasteiger partial charge in [0.1, 0.15) is 5.82 Å². The molecule has 2 aliphatic rings. The van der Waals surface area contributed by atoms with E-state index in [1.165, 1.54) is 42.5 Å². The Kier molecular flexibility index (Phi) is 3.04. The molecular formula is C20H22FN. The van der Waals surface area contributed by atoms with Gasteiger partial charge in [0.15, 0.2) is 0 Å². The van der Waals surface area contributed by atoms with E-state index in [4.69, 9.17) is 0 Å². The SMILES string of the molecule is Cc1cc(F)ccc1-c1ccc2c(c1)C1(CCCC1)CN2C. The monoisotopic (exact) mass is 295 g/mol. The van der Waals surface area contributed by atoms with Gasteiger partial charge >= 0.3 is 0 Å². The first-order chi connectivity index (χ1) is 10.6. The topological polar surface area (TPSA) is 3.24 Å². The molecule has 1 aliphatic heterocycles. The van der Waals surface area contributed by atoms with Crippen LogP contribution in [0.4, 0.5) is 10.1 Å².